The molecule has 5 nitrogen and oxygen atoms in total. The van der Waals surface area contributed by atoms with Crippen LogP contribution < -0.4 is 0 Å². The smallest absolute Gasteiger partial charge is 0.450 e. The maximum absolute atomic E-state index is 10.0. The second-order valence-corrected chi connectivity index (χ2v) is 2.35. The van der Waals surface area contributed by atoms with Gasteiger partial charge < -0.3 is 9.84 Å². The van der Waals surface area contributed by atoms with E-state index in [4.69, 9.17) is 5.11 Å². The molecule has 1 N–H and O–H groups in total. The molecule has 1 saturated heterocycles. The van der Waals surface area contributed by atoms with Crippen molar-refractivity contribution in [2.24, 2.45) is 0 Å². The third-order valence-corrected chi connectivity index (χ3v) is 1.03. The fourth-order valence-corrected chi connectivity index (χ4v) is 0.678. The Bertz CT molecular complexity index is 175. The van der Waals surface area contributed by atoms with Gasteiger partial charge in [0.05, 0.1) is 6.42 Å². The van der Waals surface area contributed by atoms with Crippen LogP contribution in [0.25, 0.3) is 0 Å². The highest BCUT2D eigenvalue weighted by molar-refractivity contribution is 5.57. The van der Waals surface area contributed by atoms with E-state index < -0.39 is 12.1 Å². The number of carboxylic acid groups (broad SMARTS) is 1. The predicted octanol–water partition coefficient (Wildman–Crippen LogP) is 1.26. The lowest BCUT2D eigenvalue weighted by atomic mass is 10.2. The van der Waals surface area contributed by atoms with E-state index in [9.17, 15) is 4.79 Å². The number of hydrogen-bond acceptors (Lipinski definition) is 4. The number of carbonyl (C=O) groups is 1. The quantitative estimate of drug-likeness (QED) is 0.291. The van der Waals surface area contributed by atoms with E-state index in [0.29, 0.717) is 0 Å². The molecule has 0 aliphatic carbocycles. The Labute approximate surface area is 63.1 Å². The summed E-state index contributed by atoms with van der Waals surface area (Å²) in [6.07, 6.45) is -1.21. The molecule has 1 aliphatic heterocycles. The largest absolute Gasteiger partial charge is 0.510 e. The van der Waals surface area contributed by atoms with Gasteiger partial charge in [-0.1, -0.05) is 12.2 Å². The Kier molecular flexibility index (Phi) is 1.84. The number of hydrogen-bond donors (Lipinski definition) is 1. The Balaban J connectivity index is 2.41. The lowest BCUT2D eigenvalue weighted by Gasteiger charge is -2.03. The zero-order valence-electron chi connectivity index (χ0n) is 5.99. The third kappa shape index (κ3) is 2.21. The second-order valence-electron chi connectivity index (χ2n) is 2.35. The van der Waals surface area contributed by atoms with Crippen LogP contribution in [0.5, 0.6) is 0 Å². The molecule has 0 spiro atoms. The highest BCUT2D eigenvalue weighted by atomic mass is 17.5. The normalized spacial score (nSPS) is 19.0. The zero-order chi connectivity index (χ0) is 8.48. The SMILES string of the molecule is C=C(C)CC1(OC(=O)O)OO1. The molecular formula is C6H8O5. The topological polar surface area (TPSA) is 71.6 Å². The molecule has 1 rings (SSSR count). The van der Waals surface area contributed by atoms with Crippen LogP contribution in [0.2, 0.25) is 0 Å². The summed E-state index contributed by atoms with van der Waals surface area (Å²) in [5.41, 5.74) is 0.726. The Hall–Kier alpha value is -1.07. The standard InChI is InChI=1S/C6H8O5/c1-4(2)3-6(10-11-6)9-5(7)8/h1,3H2,2H3,(H,7,8). The van der Waals surface area contributed by atoms with Crippen molar-refractivity contribution >= 4 is 6.16 Å². The Morgan fingerprint density at radius 2 is 2.27 bits per heavy atom. The summed E-state index contributed by atoms with van der Waals surface area (Å²) in [5, 5.41) is 8.19. The molecule has 0 atom stereocenters. The van der Waals surface area contributed by atoms with Crippen molar-refractivity contribution in [3.63, 3.8) is 0 Å². The zero-order valence-corrected chi connectivity index (χ0v) is 5.99. The van der Waals surface area contributed by atoms with E-state index in [-0.39, 0.29) is 6.42 Å². The van der Waals surface area contributed by atoms with Crippen molar-refractivity contribution in [3.05, 3.63) is 12.2 Å². The van der Waals surface area contributed by atoms with E-state index >= 15 is 0 Å². The first kappa shape index (κ1) is 8.03. The van der Waals surface area contributed by atoms with E-state index in [0.717, 1.165) is 5.57 Å². The molecule has 11 heavy (non-hydrogen) atoms. The molecule has 1 aliphatic rings. The van der Waals surface area contributed by atoms with E-state index in [1.54, 1.807) is 6.92 Å². The molecule has 0 aromatic heterocycles. The van der Waals surface area contributed by atoms with Crippen LogP contribution in [0.15, 0.2) is 12.2 Å². The van der Waals surface area contributed by atoms with Crippen molar-refractivity contribution in [1.82, 2.24) is 0 Å². The lowest BCUT2D eigenvalue weighted by molar-refractivity contribution is -0.0256. The summed E-state index contributed by atoms with van der Waals surface area (Å²) < 4.78 is 4.27. The molecule has 0 bridgehead atoms. The maximum Gasteiger partial charge on any atom is 0.510 e. The first-order chi connectivity index (χ1) is 5.04. The summed E-state index contributed by atoms with van der Waals surface area (Å²) in [4.78, 5) is 18.7. The van der Waals surface area contributed by atoms with Gasteiger partial charge in [-0.15, -0.1) is 0 Å². The monoisotopic (exact) mass is 160 g/mol. The summed E-state index contributed by atoms with van der Waals surface area (Å²) in [6, 6.07) is 0. The Morgan fingerprint density at radius 1 is 1.73 bits per heavy atom. The van der Waals surface area contributed by atoms with Crippen LogP contribution in [-0.4, -0.2) is 17.2 Å². The van der Waals surface area contributed by atoms with Gasteiger partial charge in [-0.3, -0.25) is 0 Å². The number of ether oxygens (including phenoxy) is 1. The average Bonchev–Trinajstić information content (AvgIpc) is 2.43. The van der Waals surface area contributed by atoms with Crippen molar-refractivity contribution in [2.45, 2.75) is 19.3 Å². The van der Waals surface area contributed by atoms with Crippen LogP contribution in [0.1, 0.15) is 13.3 Å². The summed E-state index contributed by atoms with van der Waals surface area (Å²) >= 11 is 0. The molecule has 0 aromatic rings. The minimum Gasteiger partial charge on any atom is -0.450 e. The molecule has 1 heterocycles. The summed E-state index contributed by atoms with van der Waals surface area (Å²) in [7, 11) is 0. The Morgan fingerprint density at radius 3 is 2.55 bits per heavy atom. The highest BCUT2D eigenvalue weighted by Crippen LogP contribution is 2.36. The van der Waals surface area contributed by atoms with Gasteiger partial charge in [-0.25, -0.2) is 4.79 Å². The van der Waals surface area contributed by atoms with Crippen LogP contribution >= 0.6 is 0 Å². The molecule has 0 unspecified atom stereocenters. The van der Waals surface area contributed by atoms with Crippen LogP contribution in [0.4, 0.5) is 4.79 Å². The molecular weight excluding hydrogens is 152 g/mol. The van der Waals surface area contributed by atoms with Gasteiger partial charge in [-0.05, 0) is 6.92 Å². The van der Waals surface area contributed by atoms with Crippen molar-refractivity contribution in [3.8, 4) is 0 Å². The molecule has 0 amide bonds. The average molecular weight is 160 g/mol. The lowest BCUT2D eigenvalue weighted by Crippen LogP contribution is -2.19. The third-order valence-electron chi connectivity index (χ3n) is 1.03. The van der Waals surface area contributed by atoms with Crippen molar-refractivity contribution in [2.75, 3.05) is 0 Å². The van der Waals surface area contributed by atoms with Crippen LogP contribution in [-0.2, 0) is 14.5 Å². The molecule has 0 aromatic carbocycles. The molecule has 5 heteroatoms. The van der Waals surface area contributed by atoms with E-state index in [2.05, 4.69) is 21.1 Å². The van der Waals surface area contributed by atoms with Crippen LogP contribution in [0, 0.1) is 0 Å². The van der Waals surface area contributed by atoms with Gasteiger partial charge in [0.15, 0.2) is 0 Å². The van der Waals surface area contributed by atoms with Crippen molar-refractivity contribution < 1.29 is 24.4 Å². The van der Waals surface area contributed by atoms with Gasteiger partial charge in [0.1, 0.15) is 0 Å². The first-order valence-corrected chi connectivity index (χ1v) is 2.97. The predicted molar refractivity (Wildman–Crippen MR) is 33.4 cm³/mol. The van der Waals surface area contributed by atoms with Crippen LogP contribution in [0.3, 0.4) is 0 Å². The van der Waals surface area contributed by atoms with E-state index in [1.165, 1.54) is 0 Å². The van der Waals surface area contributed by atoms with Crippen molar-refractivity contribution in [1.29, 1.82) is 0 Å². The molecule has 62 valence electrons. The minimum absolute atomic E-state index is 0.222. The van der Waals surface area contributed by atoms with Gasteiger partial charge in [0.2, 0.25) is 0 Å². The highest BCUT2D eigenvalue weighted by Gasteiger charge is 2.54. The van der Waals surface area contributed by atoms with Gasteiger partial charge in [-0.2, -0.15) is 9.78 Å². The van der Waals surface area contributed by atoms with Gasteiger partial charge in [0.25, 0.3) is 0 Å². The second kappa shape index (κ2) is 2.52. The minimum atomic E-state index is -1.43. The fourth-order valence-electron chi connectivity index (χ4n) is 0.678. The maximum atomic E-state index is 10.0. The number of rotatable bonds is 3. The molecule has 0 radical (unpaired) electrons. The fraction of sp³-hybridized carbons (Fsp3) is 0.500. The van der Waals surface area contributed by atoms with Gasteiger partial charge >= 0.3 is 12.1 Å². The first-order valence-electron chi connectivity index (χ1n) is 2.97. The van der Waals surface area contributed by atoms with E-state index in [1.807, 2.05) is 0 Å². The molecule has 1 fully saturated rings. The van der Waals surface area contributed by atoms with Gasteiger partial charge in [0, 0.05) is 0 Å². The molecule has 0 saturated carbocycles. The summed E-state index contributed by atoms with van der Waals surface area (Å²) in [5.74, 6) is -1.41. The summed E-state index contributed by atoms with van der Waals surface area (Å²) in [6.45, 7) is 5.27.